The maximum atomic E-state index is 11.8. The van der Waals surface area contributed by atoms with E-state index >= 15 is 0 Å². The molecule has 1 aromatic carbocycles. The molecule has 0 amide bonds. The van der Waals surface area contributed by atoms with E-state index < -0.39 is 5.97 Å². The van der Waals surface area contributed by atoms with Gasteiger partial charge in [0.05, 0.1) is 23.8 Å². The van der Waals surface area contributed by atoms with Gasteiger partial charge in [0.1, 0.15) is 0 Å². The Kier molecular flexibility index (Phi) is 5.78. The van der Waals surface area contributed by atoms with E-state index in [0.717, 1.165) is 31.7 Å². The molecule has 118 valence electrons. The standard InChI is InChI=1S/C16H20ClN3O2/c1-3-22-16(21)12-8-13(10-18)14(15(17)9-12)11-20-6-4-19(2)5-7-20/h8-9H,3-7,11H2,1-2H3. The molecule has 0 atom stereocenters. The minimum absolute atomic E-state index is 0.293. The van der Waals surface area contributed by atoms with E-state index in [-0.39, 0.29) is 0 Å². The van der Waals surface area contributed by atoms with Crippen molar-refractivity contribution >= 4 is 17.6 Å². The third-order valence-electron chi connectivity index (χ3n) is 3.80. The number of hydrogen-bond donors (Lipinski definition) is 0. The van der Waals surface area contributed by atoms with Crippen molar-refractivity contribution in [2.24, 2.45) is 0 Å². The molecule has 1 fully saturated rings. The van der Waals surface area contributed by atoms with E-state index in [4.69, 9.17) is 16.3 Å². The number of benzene rings is 1. The van der Waals surface area contributed by atoms with Crippen molar-refractivity contribution in [3.05, 3.63) is 33.8 Å². The Morgan fingerprint density at radius 3 is 2.64 bits per heavy atom. The summed E-state index contributed by atoms with van der Waals surface area (Å²) in [6, 6.07) is 5.30. The van der Waals surface area contributed by atoms with Crippen LogP contribution in [-0.4, -0.2) is 55.6 Å². The highest BCUT2D eigenvalue weighted by Crippen LogP contribution is 2.25. The molecule has 0 aromatic heterocycles. The summed E-state index contributed by atoms with van der Waals surface area (Å²) in [4.78, 5) is 16.3. The van der Waals surface area contributed by atoms with Crippen LogP contribution >= 0.6 is 11.6 Å². The van der Waals surface area contributed by atoms with Gasteiger partial charge in [-0.15, -0.1) is 0 Å². The SMILES string of the molecule is CCOC(=O)c1cc(Cl)c(CN2CCN(C)CC2)c(C#N)c1. The van der Waals surface area contributed by atoms with Gasteiger partial charge in [-0.05, 0) is 26.1 Å². The number of halogens is 1. The second-order valence-corrected chi connectivity index (χ2v) is 5.80. The maximum Gasteiger partial charge on any atom is 0.338 e. The fourth-order valence-corrected chi connectivity index (χ4v) is 2.74. The maximum absolute atomic E-state index is 11.8. The van der Waals surface area contributed by atoms with Crippen LogP contribution in [0.15, 0.2) is 12.1 Å². The van der Waals surface area contributed by atoms with Gasteiger partial charge in [-0.2, -0.15) is 5.26 Å². The topological polar surface area (TPSA) is 56.6 Å². The van der Waals surface area contributed by atoms with Gasteiger partial charge in [0.15, 0.2) is 0 Å². The van der Waals surface area contributed by atoms with Crippen LogP contribution in [0.1, 0.15) is 28.4 Å². The lowest BCUT2D eigenvalue weighted by Gasteiger charge is -2.32. The number of piperazine rings is 1. The minimum atomic E-state index is -0.452. The van der Waals surface area contributed by atoms with Crippen LogP contribution in [0, 0.1) is 11.3 Å². The normalized spacial score (nSPS) is 16.3. The van der Waals surface area contributed by atoms with E-state index in [1.165, 1.54) is 0 Å². The predicted molar refractivity (Wildman–Crippen MR) is 84.9 cm³/mol. The highest BCUT2D eigenvalue weighted by molar-refractivity contribution is 6.31. The number of rotatable bonds is 4. The Bertz CT molecular complexity index is 590. The van der Waals surface area contributed by atoms with Gasteiger partial charge in [0.25, 0.3) is 0 Å². The molecule has 0 radical (unpaired) electrons. The van der Waals surface area contributed by atoms with Crippen LogP contribution in [-0.2, 0) is 11.3 Å². The smallest absolute Gasteiger partial charge is 0.338 e. The number of carbonyl (C=O) groups excluding carboxylic acids is 1. The first kappa shape index (κ1) is 16.8. The third-order valence-corrected chi connectivity index (χ3v) is 4.14. The molecule has 0 N–H and O–H groups in total. The summed E-state index contributed by atoms with van der Waals surface area (Å²) in [5.41, 5.74) is 1.54. The Morgan fingerprint density at radius 2 is 2.05 bits per heavy atom. The number of nitrogens with zero attached hydrogens (tertiary/aromatic N) is 3. The molecule has 0 aliphatic carbocycles. The van der Waals surface area contributed by atoms with E-state index in [2.05, 4.69) is 22.9 Å². The largest absolute Gasteiger partial charge is 0.462 e. The zero-order chi connectivity index (χ0) is 16.1. The summed E-state index contributed by atoms with van der Waals surface area (Å²) >= 11 is 6.31. The van der Waals surface area contributed by atoms with Crippen molar-refractivity contribution in [2.45, 2.75) is 13.5 Å². The van der Waals surface area contributed by atoms with E-state index in [9.17, 15) is 10.1 Å². The van der Waals surface area contributed by atoms with Gasteiger partial charge in [-0.1, -0.05) is 11.6 Å². The molecule has 6 heteroatoms. The molecule has 1 heterocycles. The average Bonchev–Trinajstić information content (AvgIpc) is 2.51. The van der Waals surface area contributed by atoms with Crippen molar-refractivity contribution < 1.29 is 9.53 Å². The molecule has 0 bridgehead atoms. The first-order valence-corrected chi connectivity index (χ1v) is 7.73. The fourth-order valence-electron chi connectivity index (χ4n) is 2.46. The molecule has 22 heavy (non-hydrogen) atoms. The molecule has 1 aliphatic rings. The molecule has 1 saturated heterocycles. The molecule has 1 aromatic rings. The number of ether oxygens (including phenoxy) is 1. The van der Waals surface area contributed by atoms with Crippen molar-refractivity contribution in [3.8, 4) is 6.07 Å². The summed E-state index contributed by atoms with van der Waals surface area (Å²) in [5, 5.41) is 9.81. The zero-order valence-corrected chi connectivity index (χ0v) is 13.7. The fraction of sp³-hybridized carbons (Fsp3) is 0.500. The summed E-state index contributed by atoms with van der Waals surface area (Å²) in [6.45, 7) is 6.54. The number of hydrogen-bond acceptors (Lipinski definition) is 5. The number of carbonyl (C=O) groups is 1. The quantitative estimate of drug-likeness (QED) is 0.795. The number of likely N-dealkylation sites (N-methyl/N-ethyl adjacent to an activating group) is 1. The first-order valence-electron chi connectivity index (χ1n) is 7.35. The van der Waals surface area contributed by atoms with Crippen LogP contribution < -0.4 is 0 Å². The summed E-state index contributed by atoms with van der Waals surface area (Å²) in [5.74, 6) is -0.452. The number of esters is 1. The molecule has 0 spiro atoms. The van der Waals surface area contributed by atoms with Gasteiger partial charge in [-0.3, -0.25) is 4.90 Å². The summed E-state index contributed by atoms with van der Waals surface area (Å²) in [7, 11) is 2.10. The second kappa shape index (κ2) is 7.59. The Labute approximate surface area is 136 Å². The monoisotopic (exact) mass is 321 g/mol. The van der Waals surface area contributed by atoms with Crippen molar-refractivity contribution in [1.82, 2.24) is 9.80 Å². The average molecular weight is 322 g/mol. The molecule has 5 nitrogen and oxygen atoms in total. The Morgan fingerprint density at radius 1 is 1.36 bits per heavy atom. The van der Waals surface area contributed by atoms with E-state index in [0.29, 0.717) is 29.3 Å². The minimum Gasteiger partial charge on any atom is -0.462 e. The van der Waals surface area contributed by atoms with Crippen LogP contribution in [0.5, 0.6) is 0 Å². The van der Waals surface area contributed by atoms with Gasteiger partial charge in [0.2, 0.25) is 0 Å². The van der Waals surface area contributed by atoms with Crippen LogP contribution in [0.2, 0.25) is 5.02 Å². The van der Waals surface area contributed by atoms with Crippen LogP contribution in [0.25, 0.3) is 0 Å². The van der Waals surface area contributed by atoms with Crippen molar-refractivity contribution in [3.63, 3.8) is 0 Å². The summed E-state index contributed by atoms with van der Waals surface area (Å²) < 4.78 is 4.96. The molecule has 2 rings (SSSR count). The highest BCUT2D eigenvalue weighted by Gasteiger charge is 2.19. The lowest BCUT2D eigenvalue weighted by molar-refractivity contribution is 0.0526. The van der Waals surface area contributed by atoms with Crippen molar-refractivity contribution in [1.29, 1.82) is 5.26 Å². The van der Waals surface area contributed by atoms with E-state index in [1.54, 1.807) is 19.1 Å². The lowest BCUT2D eigenvalue weighted by atomic mass is 10.0. The molecule has 0 unspecified atom stereocenters. The van der Waals surface area contributed by atoms with Gasteiger partial charge in [-0.25, -0.2) is 4.79 Å². The molecular weight excluding hydrogens is 302 g/mol. The Balaban J connectivity index is 2.21. The van der Waals surface area contributed by atoms with Crippen molar-refractivity contribution in [2.75, 3.05) is 39.8 Å². The van der Waals surface area contributed by atoms with E-state index in [1.807, 2.05) is 0 Å². The molecule has 1 aliphatic heterocycles. The Hall–Kier alpha value is -1.61. The predicted octanol–water partition coefficient (Wildman–Crippen LogP) is 2.14. The first-order chi connectivity index (χ1) is 10.5. The zero-order valence-electron chi connectivity index (χ0n) is 12.9. The van der Waals surface area contributed by atoms with Crippen LogP contribution in [0.4, 0.5) is 0 Å². The highest BCUT2D eigenvalue weighted by atomic mass is 35.5. The van der Waals surface area contributed by atoms with Crippen LogP contribution in [0.3, 0.4) is 0 Å². The lowest BCUT2D eigenvalue weighted by Crippen LogP contribution is -2.44. The third kappa shape index (κ3) is 3.98. The van der Waals surface area contributed by atoms with Gasteiger partial charge in [0, 0.05) is 43.3 Å². The second-order valence-electron chi connectivity index (χ2n) is 5.40. The van der Waals surface area contributed by atoms with Gasteiger partial charge >= 0.3 is 5.97 Å². The molecule has 0 saturated carbocycles. The van der Waals surface area contributed by atoms with Gasteiger partial charge < -0.3 is 9.64 Å². The summed E-state index contributed by atoms with van der Waals surface area (Å²) in [6.07, 6.45) is 0. The molecular formula is C16H20ClN3O2. The number of nitriles is 1.